The number of nitrogens with zero attached hydrogens (tertiary/aromatic N) is 2. The molecule has 0 aliphatic heterocycles. The van der Waals surface area contributed by atoms with Crippen molar-refractivity contribution in [3.05, 3.63) is 10.6 Å². The van der Waals surface area contributed by atoms with E-state index in [1.165, 1.54) is 47.9 Å². The molecular formula is C16H29N3S. The second-order valence-electron chi connectivity index (χ2n) is 6.18. The lowest BCUT2D eigenvalue weighted by Gasteiger charge is -2.20. The Morgan fingerprint density at radius 2 is 2.10 bits per heavy atom. The average molecular weight is 295 g/mol. The molecule has 1 N–H and O–H groups in total. The zero-order valence-corrected chi connectivity index (χ0v) is 14.2. The molecule has 114 valence electrons. The van der Waals surface area contributed by atoms with Crippen LogP contribution in [0.2, 0.25) is 0 Å². The van der Waals surface area contributed by atoms with Gasteiger partial charge in [0.15, 0.2) is 5.13 Å². The van der Waals surface area contributed by atoms with E-state index in [1.807, 2.05) is 18.4 Å². The van der Waals surface area contributed by atoms with Crippen LogP contribution in [0.3, 0.4) is 0 Å². The summed E-state index contributed by atoms with van der Waals surface area (Å²) in [5.41, 5.74) is 1.31. The van der Waals surface area contributed by atoms with Crippen molar-refractivity contribution in [2.45, 2.75) is 58.4 Å². The van der Waals surface area contributed by atoms with Gasteiger partial charge in [-0.1, -0.05) is 26.7 Å². The summed E-state index contributed by atoms with van der Waals surface area (Å²) < 4.78 is 0. The minimum absolute atomic E-state index is 0.559. The van der Waals surface area contributed by atoms with E-state index in [0.29, 0.717) is 5.92 Å². The molecule has 1 aromatic rings. The first kappa shape index (κ1) is 15.8. The Bertz CT molecular complexity index is 410. The molecule has 0 amide bonds. The molecule has 1 atom stereocenters. The van der Waals surface area contributed by atoms with E-state index in [4.69, 9.17) is 4.98 Å². The van der Waals surface area contributed by atoms with E-state index in [-0.39, 0.29) is 0 Å². The fraction of sp³-hybridized carbons (Fsp3) is 0.812. The van der Waals surface area contributed by atoms with Gasteiger partial charge in [0, 0.05) is 25.0 Å². The monoisotopic (exact) mass is 295 g/mol. The number of anilines is 1. The Hall–Kier alpha value is -0.610. The SMILES string of the molecule is CCC(C)c1nc(N(C)CC2CCCC2)sc1CNC. The maximum absolute atomic E-state index is 4.95. The predicted molar refractivity (Wildman–Crippen MR) is 88.8 cm³/mol. The van der Waals surface area contributed by atoms with E-state index >= 15 is 0 Å². The Morgan fingerprint density at radius 1 is 1.40 bits per heavy atom. The molecule has 1 fully saturated rings. The molecule has 3 nitrogen and oxygen atoms in total. The van der Waals surface area contributed by atoms with E-state index in [9.17, 15) is 0 Å². The maximum atomic E-state index is 4.95. The molecule has 1 heterocycles. The van der Waals surface area contributed by atoms with Crippen molar-refractivity contribution >= 4 is 16.5 Å². The summed E-state index contributed by atoms with van der Waals surface area (Å²) in [5.74, 6) is 1.44. The summed E-state index contributed by atoms with van der Waals surface area (Å²) in [6.45, 7) is 6.64. The molecule has 20 heavy (non-hydrogen) atoms. The molecule has 1 unspecified atom stereocenters. The first-order valence-corrected chi connectivity index (χ1v) is 8.82. The number of thiazole rings is 1. The normalized spacial score (nSPS) is 17.6. The van der Waals surface area contributed by atoms with Crippen LogP contribution in [-0.4, -0.2) is 25.6 Å². The number of hydrogen-bond acceptors (Lipinski definition) is 4. The second kappa shape index (κ2) is 7.41. The fourth-order valence-corrected chi connectivity index (χ4v) is 4.20. The Labute approximate surface area is 127 Å². The van der Waals surface area contributed by atoms with Crippen LogP contribution < -0.4 is 10.2 Å². The van der Waals surface area contributed by atoms with Crippen LogP contribution in [0.4, 0.5) is 5.13 Å². The van der Waals surface area contributed by atoms with Crippen molar-refractivity contribution in [2.75, 3.05) is 25.5 Å². The van der Waals surface area contributed by atoms with Gasteiger partial charge in [-0.15, -0.1) is 11.3 Å². The fourth-order valence-electron chi connectivity index (χ4n) is 3.04. The highest BCUT2D eigenvalue weighted by molar-refractivity contribution is 7.15. The van der Waals surface area contributed by atoms with Gasteiger partial charge in [0.05, 0.1) is 5.69 Å². The largest absolute Gasteiger partial charge is 0.351 e. The molecule has 0 saturated heterocycles. The molecule has 0 spiro atoms. The lowest BCUT2D eigenvalue weighted by Crippen LogP contribution is -2.23. The number of rotatable bonds is 7. The van der Waals surface area contributed by atoms with E-state index in [2.05, 4.69) is 31.1 Å². The molecule has 0 radical (unpaired) electrons. The topological polar surface area (TPSA) is 28.2 Å². The van der Waals surface area contributed by atoms with Crippen LogP contribution >= 0.6 is 11.3 Å². The van der Waals surface area contributed by atoms with Crippen LogP contribution in [0, 0.1) is 5.92 Å². The van der Waals surface area contributed by atoms with E-state index < -0.39 is 0 Å². The molecule has 0 aromatic carbocycles. The second-order valence-corrected chi connectivity index (χ2v) is 7.24. The van der Waals surface area contributed by atoms with Crippen molar-refractivity contribution < 1.29 is 0 Å². The van der Waals surface area contributed by atoms with Gasteiger partial charge < -0.3 is 10.2 Å². The first-order valence-electron chi connectivity index (χ1n) is 8.01. The Morgan fingerprint density at radius 3 is 2.70 bits per heavy atom. The van der Waals surface area contributed by atoms with Gasteiger partial charge in [0.1, 0.15) is 0 Å². The van der Waals surface area contributed by atoms with Crippen LogP contribution in [0.15, 0.2) is 0 Å². The summed E-state index contributed by atoms with van der Waals surface area (Å²) >= 11 is 1.87. The number of nitrogens with one attached hydrogen (secondary N) is 1. The molecule has 2 rings (SSSR count). The third-order valence-corrected chi connectivity index (χ3v) is 5.65. The highest BCUT2D eigenvalue weighted by Crippen LogP contribution is 2.33. The molecular weight excluding hydrogens is 266 g/mol. The Kier molecular flexibility index (Phi) is 5.85. The number of aromatic nitrogens is 1. The lowest BCUT2D eigenvalue weighted by atomic mass is 10.0. The molecule has 1 aliphatic rings. The van der Waals surface area contributed by atoms with E-state index in [0.717, 1.165) is 18.9 Å². The summed E-state index contributed by atoms with van der Waals surface area (Å²) in [7, 11) is 4.22. The van der Waals surface area contributed by atoms with Crippen molar-refractivity contribution in [1.82, 2.24) is 10.3 Å². The molecule has 1 aliphatic carbocycles. The van der Waals surface area contributed by atoms with Gasteiger partial charge in [-0.05, 0) is 38.1 Å². The molecule has 4 heteroatoms. The highest BCUT2D eigenvalue weighted by atomic mass is 32.1. The van der Waals surface area contributed by atoms with Crippen LogP contribution in [-0.2, 0) is 6.54 Å². The standard InChI is InChI=1S/C16H29N3S/c1-5-12(2)15-14(10-17-3)20-16(18-15)19(4)11-13-8-6-7-9-13/h12-13,17H,5-11H2,1-4H3. The van der Waals surface area contributed by atoms with Gasteiger partial charge >= 0.3 is 0 Å². The van der Waals surface area contributed by atoms with Crippen molar-refractivity contribution in [2.24, 2.45) is 5.92 Å². The highest BCUT2D eigenvalue weighted by Gasteiger charge is 2.21. The zero-order chi connectivity index (χ0) is 14.5. The third-order valence-electron chi connectivity index (χ3n) is 4.47. The van der Waals surface area contributed by atoms with Crippen LogP contribution in [0.1, 0.15) is 62.4 Å². The maximum Gasteiger partial charge on any atom is 0.185 e. The average Bonchev–Trinajstić information content (AvgIpc) is 3.08. The van der Waals surface area contributed by atoms with Crippen molar-refractivity contribution in [1.29, 1.82) is 0 Å². The van der Waals surface area contributed by atoms with Gasteiger partial charge in [0.2, 0.25) is 0 Å². The van der Waals surface area contributed by atoms with Crippen molar-refractivity contribution in [3.63, 3.8) is 0 Å². The first-order chi connectivity index (χ1) is 9.65. The molecule has 1 saturated carbocycles. The van der Waals surface area contributed by atoms with E-state index in [1.54, 1.807) is 0 Å². The summed E-state index contributed by atoms with van der Waals surface area (Å²) in [4.78, 5) is 8.74. The van der Waals surface area contributed by atoms with Crippen LogP contribution in [0.5, 0.6) is 0 Å². The smallest absolute Gasteiger partial charge is 0.185 e. The summed E-state index contributed by atoms with van der Waals surface area (Å²) in [6.07, 6.45) is 6.79. The lowest BCUT2D eigenvalue weighted by molar-refractivity contribution is 0.546. The Balaban J connectivity index is 2.09. The summed E-state index contributed by atoms with van der Waals surface area (Å²) in [6, 6.07) is 0. The summed E-state index contributed by atoms with van der Waals surface area (Å²) in [5, 5.41) is 4.49. The van der Waals surface area contributed by atoms with Gasteiger partial charge in [-0.3, -0.25) is 0 Å². The zero-order valence-electron chi connectivity index (χ0n) is 13.4. The minimum Gasteiger partial charge on any atom is -0.351 e. The molecule has 1 aromatic heterocycles. The van der Waals surface area contributed by atoms with Gasteiger partial charge in [-0.2, -0.15) is 0 Å². The van der Waals surface area contributed by atoms with Crippen LogP contribution in [0.25, 0.3) is 0 Å². The quantitative estimate of drug-likeness (QED) is 0.824. The van der Waals surface area contributed by atoms with Crippen molar-refractivity contribution in [3.8, 4) is 0 Å². The predicted octanol–water partition coefficient (Wildman–Crippen LogP) is 4.00. The van der Waals surface area contributed by atoms with Gasteiger partial charge in [0.25, 0.3) is 0 Å². The van der Waals surface area contributed by atoms with Gasteiger partial charge in [-0.25, -0.2) is 4.98 Å². The molecule has 0 bridgehead atoms. The minimum atomic E-state index is 0.559. The number of hydrogen-bond donors (Lipinski definition) is 1. The third kappa shape index (κ3) is 3.73.